The molecule has 0 heterocycles. The van der Waals surface area contributed by atoms with Gasteiger partial charge in [0.1, 0.15) is 11.6 Å². The summed E-state index contributed by atoms with van der Waals surface area (Å²) in [5, 5.41) is 9.52. The zero-order valence-corrected chi connectivity index (χ0v) is 9.11. The van der Waals surface area contributed by atoms with Crippen LogP contribution in [0.15, 0.2) is 29.3 Å². The van der Waals surface area contributed by atoms with Crippen molar-refractivity contribution in [3.8, 4) is 5.75 Å². The largest absolute Gasteiger partial charge is 0.507 e. The Morgan fingerprint density at radius 2 is 2.07 bits per heavy atom. The van der Waals surface area contributed by atoms with Gasteiger partial charge in [-0.15, -0.1) is 0 Å². The van der Waals surface area contributed by atoms with Crippen molar-refractivity contribution >= 4 is 5.84 Å². The van der Waals surface area contributed by atoms with Crippen molar-refractivity contribution in [2.45, 2.75) is 26.2 Å². The summed E-state index contributed by atoms with van der Waals surface area (Å²) >= 11 is 0. The molecule has 82 valence electrons. The van der Waals surface area contributed by atoms with E-state index in [0.29, 0.717) is 11.4 Å². The van der Waals surface area contributed by atoms with Crippen molar-refractivity contribution in [2.75, 3.05) is 6.54 Å². The van der Waals surface area contributed by atoms with Crippen molar-refractivity contribution in [3.63, 3.8) is 0 Å². The van der Waals surface area contributed by atoms with Crippen LogP contribution in [-0.2, 0) is 0 Å². The lowest BCUT2D eigenvalue weighted by Gasteiger charge is -2.03. The molecular weight excluding hydrogens is 188 g/mol. The normalized spacial score (nSPS) is 11.7. The second-order valence-electron chi connectivity index (χ2n) is 3.49. The summed E-state index contributed by atoms with van der Waals surface area (Å²) in [5.41, 5.74) is 6.39. The van der Waals surface area contributed by atoms with Crippen LogP contribution in [0.4, 0.5) is 0 Å². The smallest absolute Gasteiger partial charge is 0.129 e. The van der Waals surface area contributed by atoms with Crippen molar-refractivity contribution < 1.29 is 5.11 Å². The molecule has 0 radical (unpaired) electrons. The number of para-hydroxylation sites is 1. The van der Waals surface area contributed by atoms with E-state index in [2.05, 4.69) is 11.9 Å². The Kier molecular flexibility index (Phi) is 4.68. The lowest BCUT2D eigenvalue weighted by atomic mass is 10.2. The second kappa shape index (κ2) is 6.06. The average Bonchev–Trinajstić information content (AvgIpc) is 2.25. The molecule has 0 bridgehead atoms. The topological polar surface area (TPSA) is 58.6 Å². The van der Waals surface area contributed by atoms with Gasteiger partial charge in [0, 0.05) is 6.54 Å². The molecule has 3 heteroatoms. The van der Waals surface area contributed by atoms with Gasteiger partial charge in [-0.05, 0) is 18.6 Å². The van der Waals surface area contributed by atoms with Crippen LogP contribution in [0.3, 0.4) is 0 Å². The number of aliphatic imine (C=N–C) groups is 1. The molecule has 0 aliphatic carbocycles. The van der Waals surface area contributed by atoms with Crippen LogP contribution in [-0.4, -0.2) is 17.5 Å². The molecule has 1 rings (SSSR count). The maximum Gasteiger partial charge on any atom is 0.129 e. The number of aromatic hydroxyl groups is 1. The fourth-order valence-corrected chi connectivity index (χ4v) is 1.34. The summed E-state index contributed by atoms with van der Waals surface area (Å²) in [6, 6.07) is 6.99. The number of benzene rings is 1. The summed E-state index contributed by atoms with van der Waals surface area (Å²) in [7, 11) is 0. The summed E-state index contributed by atoms with van der Waals surface area (Å²) in [4.78, 5) is 4.23. The maximum absolute atomic E-state index is 9.52. The van der Waals surface area contributed by atoms with Crippen LogP contribution < -0.4 is 5.73 Å². The van der Waals surface area contributed by atoms with Crippen LogP contribution in [0.25, 0.3) is 0 Å². The quantitative estimate of drug-likeness (QED) is 0.441. The number of amidine groups is 1. The van der Waals surface area contributed by atoms with Gasteiger partial charge in [0.25, 0.3) is 0 Å². The first-order valence-electron chi connectivity index (χ1n) is 5.34. The Balaban J connectivity index is 2.60. The van der Waals surface area contributed by atoms with Gasteiger partial charge >= 0.3 is 0 Å². The molecule has 15 heavy (non-hydrogen) atoms. The Hall–Kier alpha value is -1.51. The summed E-state index contributed by atoms with van der Waals surface area (Å²) < 4.78 is 0. The first-order chi connectivity index (χ1) is 7.25. The number of hydrogen-bond acceptors (Lipinski definition) is 2. The van der Waals surface area contributed by atoms with Crippen molar-refractivity contribution in [3.05, 3.63) is 29.8 Å². The minimum Gasteiger partial charge on any atom is -0.507 e. The van der Waals surface area contributed by atoms with Gasteiger partial charge in [-0.2, -0.15) is 0 Å². The molecule has 0 aromatic heterocycles. The summed E-state index contributed by atoms with van der Waals surface area (Å²) in [6.45, 7) is 2.88. The highest BCUT2D eigenvalue weighted by atomic mass is 16.3. The molecule has 0 aliphatic rings. The minimum atomic E-state index is 0.189. The van der Waals surface area contributed by atoms with Crippen molar-refractivity contribution in [1.82, 2.24) is 0 Å². The molecule has 0 spiro atoms. The number of nitrogens with two attached hydrogens (primary N) is 1. The van der Waals surface area contributed by atoms with Gasteiger partial charge in [-0.25, -0.2) is 0 Å². The summed E-state index contributed by atoms with van der Waals surface area (Å²) in [6.07, 6.45) is 3.38. The third-order valence-corrected chi connectivity index (χ3v) is 2.22. The lowest BCUT2D eigenvalue weighted by Crippen LogP contribution is -2.14. The molecule has 1 aromatic carbocycles. The van der Waals surface area contributed by atoms with E-state index < -0.39 is 0 Å². The highest BCUT2D eigenvalue weighted by Crippen LogP contribution is 2.14. The Morgan fingerprint density at radius 1 is 1.33 bits per heavy atom. The van der Waals surface area contributed by atoms with E-state index in [4.69, 9.17) is 5.73 Å². The number of nitrogens with zero attached hydrogens (tertiary/aromatic N) is 1. The van der Waals surface area contributed by atoms with Gasteiger partial charge in [0.05, 0.1) is 5.56 Å². The molecule has 0 saturated heterocycles. The molecule has 0 fully saturated rings. The van der Waals surface area contributed by atoms with E-state index in [9.17, 15) is 5.11 Å². The highest BCUT2D eigenvalue weighted by Gasteiger charge is 2.02. The molecule has 3 N–H and O–H groups in total. The minimum absolute atomic E-state index is 0.189. The number of hydrogen-bond donors (Lipinski definition) is 2. The van der Waals surface area contributed by atoms with Crippen molar-refractivity contribution in [2.24, 2.45) is 10.7 Å². The lowest BCUT2D eigenvalue weighted by molar-refractivity contribution is 0.474. The van der Waals surface area contributed by atoms with Crippen LogP contribution >= 0.6 is 0 Å². The van der Waals surface area contributed by atoms with E-state index in [1.54, 1.807) is 18.2 Å². The first kappa shape index (κ1) is 11.6. The van der Waals surface area contributed by atoms with Crippen molar-refractivity contribution in [1.29, 1.82) is 0 Å². The fraction of sp³-hybridized carbons (Fsp3) is 0.417. The van der Waals surface area contributed by atoms with Gasteiger partial charge in [0.15, 0.2) is 0 Å². The second-order valence-corrected chi connectivity index (χ2v) is 3.49. The average molecular weight is 206 g/mol. The Labute approximate surface area is 90.7 Å². The molecular formula is C12H18N2O. The molecule has 0 atom stereocenters. The van der Waals surface area contributed by atoms with Crippen LogP contribution in [0.5, 0.6) is 5.75 Å². The number of unbranched alkanes of at least 4 members (excludes halogenated alkanes) is 2. The predicted octanol–water partition coefficient (Wildman–Crippen LogP) is 2.29. The third kappa shape index (κ3) is 3.62. The first-order valence-corrected chi connectivity index (χ1v) is 5.34. The molecule has 1 aromatic rings. The zero-order chi connectivity index (χ0) is 11.1. The van der Waals surface area contributed by atoms with Crippen LogP contribution in [0.2, 0.25) is 0 Å². The maximum atomic E-state index is 9.52. The van der Waals surface area contributed by atoms with E-state index in [1.165, 1.54) is 6.42 Å². The number of phenolic OH excluding ortho intramolecular Hbond substituents is 1. The molecule has 0 unspecified atom stereocenters. The zero-order valence-electron chi connectivity index (χ0n) is 9.11. The van der Waals surface area contributed by atoms with E-state index in [0.717, 1.165) is 19.4 Å². The molecule has 0 amide bonds. The van der Waals surface area contributed by atoms with Crippen LogP contribution in [0.1, 0.15) is 31.7 Å². The van der Waals surface area contributed by atoms with Gasteiger partial charge < -0.3 is 10.8 Å². The summed E-state index contributed by atoms with van der Waals surface area (Å²) in [5.74, 6) is 0.610. The number of rotatable bonds is 5. The Morgan fingerprint density at radius 3 is 2.73 bits per heavy atom. The number of phenols is 1. The van der Waals surface area contributed by atoms with Crippen LogP contribution in [0, 0.1) is 0 Å². The predicted molar refractivity (Wildman–Crippen MR) is 63.2 cm³/mol. The monoisotopic (exact) mass is 206 g/mol. The van der Waals surface area contributed by atoms with Gasteiger partial charge in [0.2, 0.25) is 0 Å². The standard InChI is InChI=1S/C12H18N2O/c1-2-3-6-9-14-12(13)10-7-4-5-8-11(10)15/h4-5,7-8,15H,2-3,6,9H2,1H3,(H2,13,14). The van der Waals surface area contributed by atoms with E-state index in [1.807, 2.05) is 6.07 Å². The Bertz CT molecular complexity index is 334. The fourth-order valence-electron chi connectivity index (χ4n) is 1.34. The molecule has 0 saturated carbocycles. The molecule has 0 aliphatic heterocycles. The van der Waals surface area contributed by atoms with Gasteiger partial charge in [-0.1, -0.05) is 31.9 Å². The van der Waals surface area contributed by atoms with E-state index >= 15 is 0 Å². The SMILES string of the molecule is CCCCCN=C(N)c1ccccc1O. The van der Waals surface area contributed by atoms with Gasteiger partial charge in [-0.3, -0.25) is 4.99 Å². The highest BCUT2D eigenvalue weighted by molar-refractivity contribution is 5.99. The third-order valence-electron chi connectivity index (χ3n) is 2.22. The molecule has 3 nitrogen and oxygen atoms in total. The van der Waals surface area contributed by atoms with E-state index in [-0.39, 0.29) is 5.75 Å².